The summed E-state index contributed by atoms with van der Waals surface area (Å²) in [4.78, 5) is 11.0. The number of rotatable bonds is 5. The van der Waals surface area contributed by atoms with Crippen molar-refractivity contribution in [1.29, 1.82) is 0 Å². The van der Waals surface area contributed by atoms with Gasteiger partial charge in [-0.15, -0.1) is 13.2 Å². The lowest BCUT2D eigenvalue weighted by atomic mass is 10.0. The molecule has 0 saturated heterocycles. The van der Waals surface area contributed by atoms with Crippen LogP contribution in [0.5, 0.6) is 5.75 Å². The number of carboxylic acid groups (broad SMARTS) is 1. The summed E-state index contributed by atoms with van der Waals surface area (Å²) in [6, 6.07) is 9.01. The van der Waals surface area contributed by atoms with Crippen LogP contribution < -0.4 is 4.74 Å². The smallest absolute Gasteiger partial charge is 0.481 e. The molecule has 1 aromatic heterocycles. The van der Waals surface area contributed by atoms with Crippen molar-refractivity contribution in [3.63, 3.8) is 0 Å². The third-order valence-electron chi connectivity index (χ3n) is 3.98. The van der Waals surface area contributed by atoms with Crippen molar-refractivity contribution >= 4 is 16.9 Å². The molecular formula is C19H14F4O4. The van der Waals surface area contributed by atoms with Gasteiger partial charge in [-0.3, -0.25) is 4.79 Å². The monoisotopic (exact) mass is 382 g/mol. The molecule has 142 valence electrons. The fraction of sp³-hybridized carbons (Fsp3) is 0.211. The molecule has 3 aromatic rings. The van der Waals surface area contributed by atoms with Gasteiger partial charge in [0, 0.05) is 17.4 Å². The van der Waals surface area contributed by atoms with Gasteiger partial charge in [-0.2, -0.15) is 0 Å². The molecular weight excluding hydrogens is 368 g/mol. The van der Waals surface area contributed by atoms with Crippen LogP contribution in [0.2, 0.25) is 0 Å². The maximum absolute atomic E-state index is 14.1. The largest absolute Gasteiger partial charge is 0.573 e. The molecule has 0 aliphatic carbocycles. The van der Waals surface area contributed by atoms with Crippen LogP contribution in [0.25, 0.3) is 22.1 Å². The number of fused-ring (bicyclic) bond motifs is 1. The normalized spacial score (nSPS) is 12.9. The van der Waals surface area contributed by atoms with Crippen molar-refractivity contribution in [3.05, 3.63) is 54.0 Å². The summed E-state index contributed by atoms with van der Waals surface area (Å²) in [5.74, 6) is -2.38. The topological polar surface area (TPSA) is 59.7 Å². The van der Waals surface area contributed by atoms with E-state index in [-0.39, 0.29) is 12.0 Å². The van der Waals surface area contributed by atoms with E-state index in [0.717, 1.165) is 18.2 Å². The first-order chi connectivity index (χ1) is 12.6. The van der Waals surface area contributed by atoms with Crippen LogP contribution in [0, 0.1) is 11.7 Å². The molecule has 4 nitrogen and oxygen atoms in total. The fourth-order valence-electron chi connectivity index (χ4n) is 2.68. The standard InChI is InChI=1S/C19H14F4O4/c1-10(18(24)25)6-14-8-12-7-11(2-5-17(12)26-14)15-9-13(3-4-16(15)20)27-19(21,22)23/h2-5,7-10H,6H2,1H3,(H,24,25). The Labute approximate surface area is 151 Å². The van der Waals surface area contributed by atoms with Crippen LogP contribution >= 0.6 is 0 Å². The molecule has 0 fully saturated rings. The lowest BCUT2D eigenvalue weighted by Gasteiger charge is -2.11. The molecule has 3 rings (SSSR count). The van der Waals surface area contributed by atoms with Gasteiger partial charge in [0.1, 0.15) is 22.9 Å². The number of halogens is 4. The molecule has 1 unspecified atom stereocenters. The second-order valence-electron chi connectivity index (χ2n) is 6.10. The van der Waals surface area contributed by atoms with Crippen molar-refractivity contribution < 1.29 is 36.6 Å². The number of carboxylic acids is 1. The summed E-state index contributed by atoms with van der Waals surface area (Å²) in [5.41, 5.74) is 0.751. The average Bonchev–Trinajstić information content (AvgIpc) is 2.96. The highest BCUT2D eigenvalue weighted by atomic mass is 19.4. The van der Waals surface area contributed by atoms with Gasteiger partial charge in [-0.1, -0.05) is 13.0 Å². The van der Waals surface area contributed by atoms with Crippen molar-refractivity contribution in [1.82, 2.24) is 0 Å². The Morgan fingerprint density at radius 1 is 1.19 bits per heavy atom. The zero-order valence-corrected chi connectivity index (χ0v) is 14.0. The first kappa shape index (κ1) is 18.8. The molecule has 1 atom stereocenters. The number of alkyl halides is 3. The summed E-state index contributed by atoms with van der Waals surface area (Å²) < 4.78 is 60.7. The van der Waals surface area contributed by atoms with Gasteiger partial charge in [-0.05, 0) is 42.0 Å². The molecule has 0 amide bonds. The van der Waals surface area contributed by atoms with Gasteiger partial charge >= 0.3 is 12.3 Å². The summed E-state index contributed by atoms with van der Waals surface area (Å²) in [5, 5.41) is 9.56. The first-order valence-corrected chi connectivity index (χ1v) is 7.93. The summed E-state index contributed by atoms with van der Waals surface area (Å²) in [7, 11) is 0. The maximum atomic E-state index is 14.1. The Bertz CT molecular complexity index is 991. The Kier molecular flexibility index (Phi) is 4.82. The fourth-order valence-corrected chi connectivity index (χ4v) is 2.68. The summed E-state index contributed by atoms with van der Waals surface area (Å²) in [6.45, 7) is 1.54. The van der Waals surface area contributed by atoms with Gasteiger partial charge < -0.3 is 14.3 Å². The third kappa shape index (κ3) is 4.39. The molecule has 0 spiro atoms. The highest BCUT2D eigenvalue weighted by Gasteiger charge is 2.31. The second-order valence-corrected chi connectivity index (χ2v) is 6.10. The van der Waals surface area contributed by atoms with Crippen LogP contribution in [-0.2, 0) is 11.2 Å². The van der Waals surface area contributed by atoms with Crippen LogP contribution in [-0.4, -0.2) is 17.4 Å². The molecule has 0 aliphatic heterocycles. The van der Waals surface area contributed by atoms with Crippen molar-refractivity contribution in [2.24, 2.45) is 5.92 Å². The minimum absolute atomic E-state index is 0.0553. The maximum Gasteiger partial charge on any atom is 0.573 e. The molecule has 8 heteroatoms. The third-order valence-corrected chi connectivity index (χ3v) is 3.98. The van der Waals surface area contributed by atoms with Gasteiger partial charge in [0.2, 0.25) is 0 Å². The van der Waals surface area contributed by atoms with Crippen LogP contribution in [0.1, 0.15) is 12.7 Å². The van der Waals surface area contributed by atoms with E-state index in [9.17, 15) is 22.4 Å². The number of ether oxygens (including phenoxy) is 1. The molecule has 0 aliphatic rings. The highest BCUT2D eigenvalue weighted by molar-refractivity contribution is 5.84. The molecule has 0 radical (unpaired) electrons. The number of benzene rings is 2. The zero-order valence-electron chi connectivity index (χ0n) is 14.0. The van der Waals surface area contributed by atoms with E-state index in [0.29, 0.717) is 22.3 Å². The van der Waals surface area contributed by atoms with E-state index in [4.69, 9.17) is 9.52 Å². The van der Waals surface area contributed by atoms with Gasteiger partial charge in [0.05, 0.1) is 5.92 Å². The van der Waals surface area contributed by atoms with Crippen molar-refractivity contribution in [2.75, 3.05) is 0 Å². The SMILES string of the molecule is CC(Cc1cc2cc(-c3cc(OC(F)(F)F)ccc3F)ccc2o1)C(=O)O. The average molecular weight is 382 g/mol. The van der Waals surface area contributed by atoms with Crippen molar-refractivity contribution in [2.45, 2.75) is 19.7 Å². The van der Waals surface area contributed by atoms with E-state index >= 15 is 0 Å². The summed E-state index contributed by atoms with van der Waals surface area (Å²) in [6.07, 6.45) is -4.69. The van der Waals surface area contributed by atoms with E-state index in [1.807, 2.05) is 0 Å². The lowest BCUT2D eigenvalue weighted by Crippen LogP contribution is -2.17. The lowest BCUT2D eigenvalue weighted by molar-refractivity contribution is -0.274. The molecule has 1 N–H and O–H groups in total. The minimum atomic E-state index is -4.88. The van der Waals surface area contributed by atoms with Gasteiger partial charge in [0.25, 0.3) is 0 Å². The van der Waals surface area contributed by atoms with Crippen LogP contribution in [0.15, 0.2) is 46.9 Å². The Hall–Kier alpha value is -3.03. The van der Waals surface area contributed by atoms with Gasteiger partial charge in [-0.25, -0.2) is 4.39 Å². The van der Waals surface area contributed by atoms with Crippen LogP contribution in [0.3, 0.4) is 0 Å². The van der Waals surface area contributed by atoms with Crippen LogP contribution in [0.4, 0.5) is 17.6 Å². The van der Waals surface area contributed by atoms with Crippen molar-refractivity contribution in [3.8, 4) is 16.9 Å². The van der Waals surface area contributed by atoms with E-state index in [1.165, 1.54) is 6.07 Å². The molecule has 0 bridgehead atoms. The number of aliphatic carboxylic acids is 1. The number of hydrogen-bond acceptors (Lipinski definition) is 3. The Morgan fingerprint density at radius 2 is 1.93 bits per heavy atom. The van der Waals surface area contributed by atoms with E-state index in [1.54, 1.807) is 25.1 Å². The van der Waals surface area contributed by atoms with E-state index < -0.39 is 29.8 Å². The number of hydrogen-bond donors (Lipinski definition) is 1. The summed E-state index contributed by atoms with van der Waals surface area (Å²) >= 11 is 0. The molecule has 1 heterocycles. The molecule has 0 saturated carbocycles. The first-order valence-electron chi connectivity index (χ1n) is 7.93. The number of carbonyl (C=O) groups is 1. The highest BCUT2D eigenvalue weighted by Crippen LogP contribution is 2.33. The van der Waals surface area contributed by atoms with E-state index in [2.05, 4.69) is 4.74 Å². The predicted molar refractivity (Wildman–Crippen MR) is 88.8 cm³/mol. The predicted octanol–water partition coefficient (Wildman–Crippen LogP) is 5.40. The molecule has 27 heavy (non-hydrogen) atoms. The van der Waals surface area contributed by atoms with Gasteiger partial charge in [0.15, 0.2) is 0 Å². The second kappa shape index (κ2) is 6.94. The molecule has 2 aromatic carbocycles. The Balaban J connectivity index is 1.95. The zero-order chi connectivity index (χ0) is 19.8. The Morgan fingerprint density at radius 3 is 2.59 bits per heavy atom. The minimum Gasteiger partial charge on any atom is -0.481 e. The quantitative estimate of drug-likeness (QED) is 0.600. The number of furan rings is 1.